The van der Waals surface area contributed by atoms with Gasteiger partial charge < -0.3 is 11.1 Å². The van der Waals surface area contributed by atoms with Gasteiger partial charge in [0.05, 0.1) is 0 Å². The summed E-state index contributed by atoms with van der Waals surface area (Å²) in [6.45, 7) is 0.858. The second-order valence-electron chi connectivity index (χ2n) is 5.04. The number of hydrogen-bond acceptors (Lipinski definition) is 3. The molecule has 22 heavy (non-hydrogen) atoms. The van der Waals surface area contributed by atoms with Crippen molar-refractivity contribution in [2.75, 3.05) is 13.1 Å². The summed E-state index contributed by atoms with van der Waals surface area (Å²) in [6.07, 6.45) is 1.65. The van der Waals surface area contributed by atoms with Crippen LogP contribution in [0.5, 0.6) is 0 Å². The van der Waals surface area contributed by atoms with Crippen molar-refractivity contribution in [1.82, 2.24) is 10.3 Å². The van der Waals surface area contributed by atoms with Gasteiger partial charge in [0.25, 0.3) is 5.91 Å². The van der Waals surface area contributed by atoms with Gasteiger partial charge in [-0.15, -0.1) is 0 Å². The number of nitrogens with one attached hydrogen (secondary N) is 1. The van der Waals surface area contributed by atoms with Gasteiger partial charge in [0.2, 0.25) is 0 Å². The Bertz CT molecular complexity index is 814. The molecule has 1 heterocycles. The largest absolute Gasteiger partial charge is 0.349 e. The Morgan fingerprint density at radius 1 is 1.00 bits per heavy atom. The fourth-order valence-electron chi connectivity index (χ4n) is 2.38. The van der Waals surface area contributed by atoms with Crippen molar-refractivity contribution in [2.45, 2.75) is 0 Å². The highest BCUT2D eigenvalue weighted by molar-refractivity contribution is 5.94. The van der Waals surface area contributed by atoms with E-state index in [9.17, 15) is 4.79 Å². The van der Waals surface area contributed by atoms with Crippen LogP contribution in [0.25, 0.3) is 21.9 Å². The maximum absolute atomic E-state index is 12.0. The molecule has 3 aromatic rings. The maximum Gasteiger partial charge on any atom is 0.269 e. The van der Waals surface area contributed by atoms with E-state index >= 15 is 0 Å². The van der Waals surface area contributed by atoms with Crippen LogP contribution in [0.4, 0.5) is 0 Å². The highest BCUT2D eigenvalue weighted by Gasteiger charge is 2.08. The highest BCUT2D eigenvalue weighted by Crippen LogP contribution is 2.24. The third-order valence-corrected chi connectivity index (χ3v) is 3.51. The summed E-state index contributed by atoms with van der Waals surface area (Å²) >= 11 is 0. The average molecular weight is 291 g/mol. The topological polar surface area (TPSA) is 68.0 Å². The predicted octanol–water partition coefficient (Wildman–Crippen LogP) is 2.59. The lowest BCUT2D eigenvalue weighted by Gasteiger charge is -2.07. The molecule has 1 amide bonds. The van der Waals surface area contributed by atoms with Crippen LogP contribution in [0.15, 0.2) is 60.8 Å². The molecule has 0 atom stereocenters. The maximum atomic E-state index is 12.0. The molecule has 4 nitrogen and oxygen atoms in total. The van der Waals surface area contributed by atoms with Crippen LogP contribution in [-0.4, -0.2) is 24.0 Å². The fourth-order valence-corrected chi connectivity index (χ4v) is 2.38. The Hall–Kier alpha value is -2.72. The number of benzene rings is 2. The average Bonchev–Trinajstić information content (AvgIpc) is 2.59. The van der Waals surface area contributed by atoms with Crippen molar-refractivity contribution in [3.8, 4) is 11.1 Å². The Labute approximate surface area is 129 Å². The van der Waals surface area contributed by atoms with Crippen molar-refractivity contribution >= 4 is 16.7 Å². The Morgan fingerprint density at radius 3 is 2.59 bits per heavy atom. The van der Waals surface area contributed by atoms with Crippen LogP contribution in [0.1, 0.15) is 10.5 Å². The lowest BCUT2D eigenvalue weighted by Crippen LogP contribution is -2.29. The van der Waals surface area contributed by atoms with E-state index < -0.39 is 0 Å². The molecule has 0 fully saturated rings. The van der Waals surface area contributed by atoms with Gasteiger partial charge >= 0.3 is 0 Å². The molecule has 0 aliphatic rings. The number of aromatic nitrogens is 1. The normalized spacial score (nSPS) is 10.6. The smallest absolute Gasteiger partial charge is 0.269 e. The lowest BCUT2D eigenvalue weighted by atomic mass is 10.0. The number of hydrogen-bond donors (Lipinski definition) is 2. The molecule has 4 heteroatoms. The minimum atomic E-state index is -0.201. The number of pyridine rings is 1. The first-order valence-corrected chi connectivity index (χ1v) is 7.21. The van der Waals surface area contributed by atoms with Crippen molar-refractivity contribution in [2.24, 2.45) is 5.73 Å². The molecule has 0 saturated heterocycles. The molecule has 3 N–H and O–H groups in total. The molecule has 1 aromatic heterocycles. The molecule has 0 saturated carbocycles. The second kappa shape index (κ2) is 6.37. The van der Waals surface area contributed by atoms with Gasteiger partial charge in [-0.05, 0) is 40.1 Å². The third kappa shape index (κ3) is 2.97. The molecular weight excluding hydrogens is 274 g/mol. The van der Waals surface area contributed by atoms with Crippen LogP contribution in [-0.2, 0) is 0 Å². The zero-order valence-electron chi connectivity index (χ0n) is 12.1. The summed E-state index contributed by atoms with van der Waals surface area (Å²) in [5.74, 6) is -0.201. The van der Waals surface area contributed by atoms with Crippen molar-refractivity contribution < 1.29 is 4.79 Å². The van der Waals surface area contributed by atoms with E-state index in [-0.39, 0.29) is 5.91 Å². The molecule has 0 spiro atoms. The first-order valence-electron chi connectivity index (χ1n) is 7.21. The van der Waals surface area contributed by atoms with Crippen LogP contribution in [0.2, 0.25) is 0 Å². The molecular formula is C18H17N3O. The minimum Gasteiger partial charge on any atom is -0.349 e. The van der Waals surface area contributed by atoms with Gasteiger partial charge in [0, 0.05) is 19.3 Å². The van der Waals surface area contributed by atoms with E-state index in [0.717, 1.165) is 11.1 Å². The minimum absolute atomic E-state index is 0.201. The van der Waals surface area contributed by atoms with Gasteiger partial charge in [-0.2, -0.15) is 0 Å². The number of carbonyl (C=O) groups is 1. The first-order chi connectivity index (χ1) is 10.8. The lowest BCUT2D eigenvalue weighted by molar-refractivity contribution is 0.0950. The molecule has 0 radical (unpaired) electrons. The van der Waals surface area contributed by atoms with Crippen LogP contribution in [0, 0.1) is 0 Å². The van der Waals surface area contributed by atoms with Crippen molar-refractivity contribution in [3.63, 3.8) is 0 Å². The SMILES string of the molecule is NCCNC(=O)c1cc(-c2ccc3ccccc3c2)ccn1. The Balaban J connectivity index is 1.94. The van der Waals surface area contributed by atoms with Gasteiger partial charge in [0.1, 0.15) is 5.69 Å². The number of amides is 1. The standard InChI is InChI=1S/C18H17N3O/c19-8-10-21-18(22)17-12-16(7-9-20-17)15-6-5-13-3-1-2-4-14(13)11-15/h1-7,9,11-12H,8,10,19H2,(H,21,22). The van der Waals surface area contributed by atoms with Gasteiger partial charge in [-0.3, -0.25) is 9.78 Å². The van der Waals surface area contributed by atoms with Gasteiger partial charge in [0.15, 0.2) is 0 Å². The number of carbonyl (C=O) groups excluding carboxylic acids is 1. The van der Waals surface area contributed by atoms with Crippen LogP contribution < -0.4 is 11.1 Å². The molecule has 3 rings (SSSR count). The monoisotopic (exact) mass is 291 g/mol. The summed E-state index contributed by atoms with van der Waals surface area (Å²) in [5.41, 5.74) is 7.83. The Morgan fingerprint density at radius 2 is 1.77 bits per heavy atom. The number of rotatable bonds is 4. The quantitative estimate of drug-likeness (QED) is 0.776. The van der Waals surface area contributed by atoms with E-state index in [1.165, 1.54) is 10.8 Å². The summed E-state index contributed by atoms with van der Waals surface area (Å²) in [7, 11) is 0. The van der Waals surface area contributed by atoms with E-state index in [2.05, 4.69) is 40.6 Å². The molecule has 0 aliphatic heterocycles. The highest BCUT2D eigenvalue weighted by atomic mass is 16.1. The van der Waals surface area contributed by atoms with Crippen LogP contribution in [0.3, 0.4) is 0 Å². The van der Waals surface area contributed by atoms with E-state index in [4.69, 9.17) is 5.73 Å². The molecule has 110 valence electrons. The fraction of sp³-hybridized carbons (Fsp3) is 0.111. The summed E-state index contributed by atoms with van der Waals surface area (Å²) in [5, 5.41) is 5.10. The van der Waals surface area contributed by atoms with E-state index in [1.54, 1.807) is 12.3 Å². The molecule has 0 unspecified atom stereocenters. The van der Waals surface area contributed by atoms with Crippen molar-refractivity contribution in [3.05, 3.63) is 66.5 Å². The first kappa shape index (κ1) is 14.2. The number of fused-ring (bicyclic) bond motifs is 1. The predicted molar refractivity (Wildman–Crippen MR) is 88.6 cm³/mol. The Kier molecular flexibility index (Phi) is 4.12. The molecule has 0 aliphatic carbocycles. The van der Waals surface area contributed by atoms with E-state index in [1.807, 2.05) is 18.2 Å². The molecule has 0 bridgehead atoms. The summed E-state index contributed by atoms with van der Waals surface area (Å²) < 4.78 is 0. The van der Waals surface area contributed by atoms with Gasteiger partial charge in [-0.25, -0.2) is 0 Å². The molecule has 2 aromatic carbocycles. The van der Waals surface area contributed by atoms with Crippen molar-refractivity contribution in [1.29, 1.82) is 0 Å². The number of nitrogens with zero attached hydrogens (tertiary/aromatic N) is 1. The second-order valence-corrected chi connectivity index (χ2v) is 5.04. The number of nitrogens with two attached hydrogens (primary N) is 1. The zero-order chi connectivity index (χ0) is 15.4. The van der Waals surface area contributed by atoms with Crippen LogP contribution >= 0.6 is 0 Å². The summed E-state index contributed by atoms with van der Waals surface area (Å²) in [4.78, 5) is 16.1. The summed E-state index contributed by atoms with van der Waals surface area (Å²) in [6, 6.07) is 18.2. The third-order valence-electron chi connectivity index (χ3n) is 3.51. The van der Waals surface area contributed by atoms with Gasteiger partial charge in [-0.1, -0.05) is 36.4 Å². The zero-order valence-corrected chi connectivity index (χ0v) is 12.1. The van der Waals surface area contributed by atoms with E-state index in [0.29, 0.717) is 18.8 Å².